The molecular weight excluding hydrogens is 455 g/mol. The van der Waals surface area contributed by atoms with Gasteiger partial charge in [0.2, 0.25) is 0 Å². The quantitative estimate of drug-likeness (QED) is 0.429. The van der Waals surface area contributed by atoms with Crippen LogP contribution >= 0.6 is 34.8 Å². The lowest BCUT2D eigenvalue weighted by Crippen LogP contribution is -2.62. The molecular formula is C24H19Cl3N2O2. The van der Waals surface area contributed by atoms with Crippen LogP contribution in [0.2, 0.25) is 15.1 Å². The Hall–Kier alpha value is -2.53. The van der Waals surface area contributed by atoms with Gasteiger partial charge in [0.15, 0.2) is 0 Å². The monoisotopic (exact) mass is 472 g/mol. The summed E-state index contributed by atoms with van der Waals surface area (Å²) in [5.74, 6) is -0.462. The van der Waals surface area contributed by atoms with Crippen LogP contribution < -0.4 is 9.80 Å². The molecule has 0 radical (unpaired) electrons. The van der Waals surface area contributed by atoms with Gasteiger partial charge in [-0.1, -0.05) is 53.0 Å². The summed E-state index contributed by atoms with van der Waals surface area (Å²) in [6.07, 6.45) is 0. The van der Waals surface area contributed by atoms with Gasteiger partial charge in [0, 0.05) is 10.6 Å². The average Bonchev–Trinajstić information content (AvgIpc) is 2.74. The van der Waals surface area contributed by atoms with Crippen molar-refractivity contribution in [3.8, 4) is 0 Å². The van der Waals surface area contributed by atoms with E-state index in [4.69, 9.17) is 34.8 Å². The van der Waals surface area contributed by atoms with Crippen LogP contribution in [-0.2, 0) is 11.3 Å². The van der Waals surface area contributed by atoms with E-state index in [0.29, 0.717) is 38.6 Å². The number of hydrogen-bond acceptors (Lipinski definition) is 2. The molecule has 0 aliphatic carbocycles. The zero-order valence-corrected chi connectivity index (χ0v) is 19.2. The molecule has 0 aromatic heterocycles. The number of amides is 2. The SMILES string of the molecule is CC1(C)C(=O)N(Cc2ccc(Cl)c(Cl)c2)c2ccccc2N1C(=O)c1ccc(Cl)cc1. The number of hydrogen-bond donors (Lipinski definition) is 0. The first-order valence-electron chi connectivity index (χ1n) is 9.65. The third-order valence-electron chi connectivity index (χ3n) is 5.36. The van der Waals surface area contributed by atoms with E-state index in [9.17, 15) is 9.59 Å². The molecule has 0 spiro atoms. The van der Waals surface area contributed by atoms with Crippen LogP contribution in [0.25, 0.3) is 0 Å². The van der Waals surface area contributed by atoms with Gasteiger partial charge >= 0.3 is 0 Å². The number of para-hydroxylation sites is 2. The minimum atomic E-state index is -1.11. The Bertz CT molecular complexity index is 1180. The third-order valence-corrected chi connectivity index (χ3v) is 6.35. The molecule has 4 rings (SSSR count). The molecule has 31 heavy (non-hydrogen) atoms. The number of halogens is 3. The van der Waals surface area contributed by atoms with Gasteiger partial charge in [0.25, 0.3) is 11.8 Å². The highest BCUT2D eigenvalue weighted by atomic mass is 35.5. The van der Waals surface area contributed by atoms with Crippen molar-refractivity contribution in [3.05, 3.63) is 92.9 Å². The molecule has 0 unspecified atom stereocenters. The number of nitrogens with zero attached hydrogens (tertiary/aromatic N) is 2. The van der Waals surface area contributed by atoms with Crippen LogP contribution in [0.15, 0.2) is 66.7 Å². The lowest BCUT2D eigenvalue weighted by atomic mass is 9.93. The molecule has 3 aromatic rings. The molecule has 1 heterocycles. The Balaban J connectivity index is 1.79. The fourth-order valence-electron chi connectivity index (χ4n) is 3.78. The first kappa shape index (κ1) is 21.7. The largest absolute Gasteiger partial charge is 0.304 e. The van der Waals surface area contributed by atoms with Crippen LogP contribution in [0.3, 0.4) is 0 Å². The summed E-state index contributed by atoms with van der Waals surface area (Å²) in [5, 5.41) is 1.42. The summed E-state index contributed by atoms with van der Waals surface area (Å²) >= 11 is 18.2. The van der Waals surface area contributed by atoms with Crippen LogP contribution in [-0.4, -0.2) is 17.4 Å². The van der Waals surface area contributed by atoms with Crippen molar-refractivity contribution >= 4 is 58.0 Å². The predicted molar refractivity (Wildman–Crippen MR) is 126 cm³/mol. The van der Waals surface area contributed by atoms with E-state index in [1.54, 1.807) is 60.0 Å². The molecule has 1 aliphatic heterocycles. The van der Waals surface area contributed by atoms with Gasteiger partial charge in [-0.3, -0.25) is 14.5 Å². The van der Waals surface area contributed by atoms with Gasteiger partial charge in [-0.25, -0.2) is 0 Å². The Morgan fingerprint density at radius 1 is 0.871 bits per heavy atom. The van der Waals surface area contributed by atoms with E-state index in [0.717, 1.165) is 5.56 Å². The lowest BCUT2D eigenvalue weighted by molar-refractivity contribution is -0.123. The molecule has 4 nitrogen and oxygen atoms in total. The number of carbonyl (C=O) groups is 2. The summed E-state index contributed by atoms with van der Waals surface area (Å²) in [5.41, 5.74) is 1.50. The second-order valence-electron chi connectivity index (χ2n) is 7.83. The average molecular weight is 474 g/mol. The molecule has 0 saturated carbocycles. The molecule has 7 heteroatoms. The number of anilines is 2. The number of benzene rings is 3. The van der Waals surface area contributed by atoms with Gasteiger partial charge in [0.1, 0.15) is 5.54 Å². The van der Waals surface area contributed by atoms with Gasteiger partial charge in [-0.15, -0.1) is 0 Å². The van der Waals surface area contributed by atoms with E-state index < -0.39 is 5.54 Å². The Morgan fingerprint density at radius 2 is 1.52 bits per heavy atom. The van der Waals surface area contributed by atoms with E-state index in [-0.39, 0.29) is 11.8 Å². The third kappa shape index (κ3) is 3.91. The van der Waals surface area contributed by atoms with Gasteiger partial charge in [-0.2, -0.15) is 0 Å². The minimum absolute atomic E-state index is 0.195. The fraction of sp³-hybridized carbons (Fsp3) is 0.167. The molecule has 3 aromatic carbocycles. The normalized spacial score (nSPS) is 15.1. The summed E-state index contributed by atoms with van der Waals surface area (Å²) in [6.45, 7) is 3.81. The number of rotatable bonds is 3. The molecule has 0 fully saturated rings. The first-order valence-corrected chi connectivity index (χ1v) is 10.8. The summed E-state index contributed by atoms with van der Waals surface area (Å²) in [7, 11) is 0. The van der Waals surface area contributed by atoms with Crippen molar-refractivity contribution in [2.45, 2.75) is 25.9 Å². The summed E-state index contributed by atoms with van der Waals surface area (Å²) < 4.78 is 0. The number of carbonyl (C=O) groups excluding carboxylic acids is 2. The van der Waals surface area contributed by atoms with E-state index in [2.05, 4.69) is 0 Å². The van der Waals surface area contributed by atoms with Gasteiger partial charge in [-0.05, 0) is 67.9 Å². The van der Waals surface area contributed by atoms with Gasteiger partial charge in [0.05, 0.1) is 28.0 Å². The molecule has 0 N–H and O–H groups in total. The van der Waals surface area contributed by atoms with Crippen LogP contribution in [0, 0.1) is 0 Å². The molecule has 1 aliphatic rings. The highest BCUT2D eigenvalue weighted by Crippen LogP contribution is 2.42. The van der Waals surface area contributed by atoms with Crippen LogP contribution in [0.4, 0.5) is 11.4 Å². The van der Waals surface area contributed by atoms with Crippen molar-refractivity contribution in [1.29, 1.82) is 0 Å². The first-order chi connectivity index (χ1) is 14.7. The minimum Gasteiger partial charge on any atom is -0.304 e. The second kappa shape index (κ2) is 8.19. The van der Waals surface area contributed by atoms with Crippen LogP contribution in [0.1, 0.15) is 29.8 Å². The lowest BCUT2D eigenvalue weighted by Gasteiger charge is -2.46. The maximum Gasteiger partial charge on any atom is 0.259 e. The maximum absolute atomic E-state index is 13.6. The van der Waals surface area contributed by atoms with Crippen molar-refractivity contribution in [3.63, 3.8) is 0 Å². The van der Waals surface area contributed by atoms with Crippen molar-refractivity contribution in [2.75, 3.05) is 9.80 Å². The molecule has 0 bridgehead atoms. The predicted octanol–water partition coefficient (Wildman–Crippen LogP) is 6.62. The topological polar surface area (TPSA) is 40.6 Å². The zero-order valence-electron chi connectivity index (χ0n) is 16.9. The summed E-state index contributed by atoms with van der Waals surface area (Å²) in [6, 6.07) is 19.3. The Labute approximate surface area is 195 Å². The second-order valence-corrected chi connectivity index (χ2v) is 9.09. The standard InChI is InChI=1S/C24H19Cl3N2O2/c1-24(2)23(31)28(14-15-7-12-18(26)19(27)13-15)20-5-3-4-6-21(20)29(24)22(30)16-8-10-17(25)11-9-16/h3-13H,14H2,1-2H3. The molecule has 2 amide bonds. The fourth-order valence-corrected chi connectivity index (χ4v) is 4.23. The Morgan fingerprint density at radius 3 is 2.16 bits per heavy atom. The van der Waals surface area contributed by atoms with E-state index >= 15 is 0 Å². The maximum atomic E-state index is 13.6. The summed E-state index contributed by atoms with van der Waals surface area (Å²) in [4.78, 5) is 30.3. The molecule has 158 valence electrons. The van der Waals surface area contributed by atoms with Gasteiger partial charge < -0.3 is 4.90 Å². The zero-order chi connectivity index (χ0) is 22.3. The highest BCUT2D eigenvalue weighted by molar-refractivity contribution is 6.42. The number of fused-ring (bicyclic) bond motifs is 1. The van der Waals surface area contributed by atoms with Crippen molar-refractivity contribution in [1.82, 2.24) is 0 Å². The van der Waals surface area contributed by atoms with Crippen molar-refractivity contribution < 1.29 is 9.59 Å². The van der Waals surface area contributed by atoms with Crippen molar-refractivity contribution in [2.24, 2.45) is 0 Å². The molecule has 0 atom stereocenters. The molecule has 0 saturated heterocycles. The van der Waals surface area contributed by atoms with E-state index in [1.165, 1.54) is 0 Å². The van der Waals surface area contributed by atoms with E-state index in [1.807, 2.05) is 30.3 Å². The Kier molecular flexibility index (Phi) is 5.73. The highest BCUT2D eigenvalue weighted by Gasteiger charge is 2.47. The van der Waals surface area contributed by atoms with Crippen LogP contribution in [0.5, 0.6) is 0 Å². The smallest absolute Gasteiger partial charge is 0.259 e.